The SMILES string of the molecule is Cc1ccc(CO)cc1NC(=O)c1ccc(C(=O)NC(C)C)cc1. The minimum Gasteiger partial charge on any atom is -0.392 e. The highest BCUT2D eigenvalue weighted by atomic mass is 16.3. The van der Waals surface area contributed by atoms with Crippen LogP contribution in [0.4, 0.5) is 5.69 Å². The Labute approximate surface area is 141 Å². The molecule has 0 saturated heterocycles. The van der Waals surface area contributed by atoms with Gasteiger partial charge in [-0.2, -0.15) is 0 Å². The molecule has 0 heterocycles. The molecule has 126 valence electrons. The molecule has 2 amide bonds. The van der Waals surface area contributed by atoms with Crippen molar-refractivity contribution in [2.45, 2.75) is 33.4 Å². The zero-order valence-corrected chi connectivity index (χ0v) is 14.1. The zero-order chi connectivity index (χ0) is 17.7. The van der Waals surface area contributed by atoms with Crippen molar-refractivity contribution in [1.82, 2.24) is 5.32 Å². The Bertz CT molecular complexity index is 737. The lowest BCUT2D eigenvalue weighted by Crippen LogP contribution is -2.30. The lowest BCUT2D eigenvalue weighted by atomic mass is 10.1. The van der Waals surface area contributed by atoms with Crippen LogP contribution in [0.5, 0.6) is 0 Å². The fourth-order valence-electron chi connectivity index (χ4n) is 2.22. The van der Waals surface area contributed by atoms with Crippen molar-refractivity contribution in [1.29, 1.82) is 0 Å². The van der Waals surface area contributed by atoms with Crippen LogP contribution in [-0.2, 0) is 6.61 Å². The topological polar surface area (TPSA) is 78.4 Å². The van der Waals surface area contributed by atoms with Gasteiger partial charge in [-0.15, -0.1) is 0 Å². The average Bonchev–Trinajstić information content (AvgIpc) is 2.56. The predicted octanol–water partition coefficient (Wildman–Crippen LogP) is 2.88. The van der Waals surface area contributed by atoms with E-state index in [0.29, 0.717) is 16.8 Å². The first-order valence-corrected chi connectivity index (χ1v) is 7.83. The number of aryl methyl sites for hydroxylation is 1. The predicted molar refractivity (Wildman–Crippen MR) is 94.1 cm³/mol. The molecule has 0 spiro atoms. The van der Waals surface area contributed by atoms with Crippen LogP contribution in [0, 0.1) is 6.92 Å². The number of hydrogen-bond acceptors (Lipinski definition) is 3. The molecule has 0 fully saturated rings. The number of carbonyl (C=O) groups is 2. The third kappa shape index (κ3) is 4.43. The molecule has 2 aromatic rings. The van der Waals surface area contributed by atoms with Crippen LogP contribution in [0.1, 0.15) is 45.7 Å². The van der Waals surface area contributed by atoms with Crippen molar-refractivity contribution >= 4 is 17.5 Å². The highest BCUT2D eigenvalue weighted by Gasteiger charge is 2.11. The van der Waals surface area contributed by atoms with E-state index in [1.165, 1.54) is 0 Å². The Morgan fingerprint density at radius 3 is 2.12 bits per heavy atom. The first-order valence-electron chi connectivity index (χ1n) is 7.83. The number of nitrogens with one attached hydrogen (secondary N) is 2. The molecule has 24 heavy (non-hydrogen) atoms. The van der Waals surface area contributed by atoms with Crippen LogP contribution in [-0.4, -0.2) is 23.0 Å². The third-order valence-corrected chi connectivity index (χ3v) is 3.56. The maximum Gasteiger partial charge on any atom is 0.255 e. The normalized spacial score (nSPS) is 10.5. The van der Waals surface area contributed by atoms with Gasteiger partial charge in [-0.25, -0.2) is 0 Å². The maximum atomic E-state index is 12.4. The van der Waals surface area contributed by atoms with Crippen LogP contribution in [0.25, 0.3) is 0 Å². The first-order chi connectivity index (χ1) is 11.4. The van der Waals surface area contributed by atoms with Gasteiger partial charge >= 0.3 is 0 Å². The molecule has 0 aromatic heterocycles. The quantitative estimate of drug-likeness (QED) is 0.790. The summed E-state index contributed by atoms with van der Waals surface area (Å²) in [7, 11) is 0. The van der Waals surface area contributed by atoms with Crippen molar-refractivity contribution in [2.24, 2.45) is 0 Å². The van der Waals surface area contributed by atoms with E-state index in [0.717, 1.165) is 11.1 Å². The molecule has 5 heteroatoms. The molecule has 3 N–H and O–H groups in total. The zero-order valence-electron chi connectivity index (χ0n) is 14.1. The van der Waals surface area contributed by atoms with Crippen molar-refractivity contribution in [3.05, 3.63) is 64.7 Å². The van der Waals surface area contributed by atoms with E-state index in [9.17, 15) is 14.7 Å². The molecule has 0 aliphatic carbocycles. The molecule has 0 aliphatic rings. The van der Waals surface area contributed by atoms with E-state index in [2.05, 4.69) is 10.6 Å². The second-order valence-corrected chi connectivity index (χ2v) is 5.97. The molecule has 2 rings (SSSR count). The Morgan fingerprint density at radius 1 is 1.00 bits per heavy atom. The monoisotopic (exact) mass is 326 g/mol. The van der Waals surface area contributed by atoms with Crippen molar-refractivity contribution in [2.75, 3.05) is 5.32 Å². The number of rotatable bonds is 5. The molecular weight excluding hydrogens is 304 g/mol. The van der Waals surface area contributed by atoms with E-state index in [1.807, 2.05) is 32.9 Å². The average molecular weight is 326 g/mol. The minimum absolute atomic E-state index is 0.0576. The third-order valence-electron chi connectivity index (χ3n) is 3.56. The van der Waals surface area contributed by atoms with Crippen molar-refractivity contribution in [3.63, 3.8) is 0 Å². The molecule has 0 bridgehead atoms. The summed E-state index contributed by atoms with van der Waals surface area (Å²) in [5.74, 6) is -0.424. The molecule has 2 aromatic carbocycles. The molecule has 0 unspecified atom stereocenters. The second kappa shape index (κ2) is 7.75. The van der Waals surface area contributed by atoms with Crippen molar-refractivity contribution in [3.8, 4) is 0 Å². The van der Waals surface area contributed by atoms with Crippen LogP contribution >= 0.6 is 0 Å². The summed E-state index contributed by atoms with van der Waals surface area (Å²) < 4.78 is 0. The van der Waals surface area contributed by atoms with Gasteiger partial charge in [0.05, 0.1) is 6.61 Å². The number of benzene rings is 2. The summed E-state index contributed by atoms with van der Waals surface area (Å²) in [6.07, 6.45) is 0. The van der Waals surface area contributed by atoms with Crippen LogP contribution in [0.2, 0.25) is 0 Å². The van der Waals surface area contributed by atoms with Gasteiger partial charge in [-0.3, -0.25) is 9.59 Å². The van der Waals surface area contributed by atoms with Gasteiger partial charge in [-0.05, 0) is 62.2 Å². The number of amides is 2. The van der Waals surface area contributed by atoms with Crippen molar-refractivity contribution < 1.29 is 14.7 Å². The first kappa shape index (κ1) is 17.7. The number of aliphatic hydroxyl groups is 1. The van der Waals surface area contributed by atoms with Gasteiger partial charge in [0.1, 0.15) is 0 Å². The molecule has 0 aliphatic heterocycles. The number of carbonyl (C=O) groups excluding carboxylic acids is 2. The minimum atomic E-state index is -0.260. The van der Waals surface area contributed by atoms with Crippen LogP contribution in [0.15, 0.2) is 42.5 Å². The maximum absolute atomic E-state index is 12.4. The van der Waals surface area contributed by atoms with Crippen LogP contribution < -0.4 is 10.6 Å². The fourth-order valence-corrected chi connectivity index (χ4v) is 2.22. The smallest absolute Gasteiger partial charge is 0.255 e. The summed E-state index contributed by atoms with van der Waals surface area (Å²) >= 11 is 0. The van der Waals surface area contributed by atoms with Gasteiger partial charge in [0.2, 0.25) is 0 Å². The van der Waals surface area contributed by atoms with E-state index < -0.39 is 0 Å². The van der Waals surface area contributed by atoms with E-state index >= 15 is 0 Å². The van der Waals surface area contributed by atoms with Crippen LogP contribution in [0.3, 0.4) is 0 Å². The summed E-state index contributed by atoms with van der Waals surface area (Å²) in [4.78, 5) is 24.3. The van der Waals surface area contributed by atoms with Gasteiger partial charge in [0.25, 0.3) is 11.8 Å². The highest BCUT2D eigenvalue weighted by molar-refractivity contribution is 6.05. The summed E-state index contributed by atoms with van der Waals surface area (Å²) in [6.45, 7) is 5.59. The molecule has 5 nitrogen and oxygen atoms in total. The van der Waals surface area contributed by atoms with Gasteiger partial charge in [0.15, 0.2) is 0 Å². The molecule has 0 radical (unpaired) electrons. The van der Waals surface area contributed by atoms with E-state index in [1.54, 1.807) is 30.3 Å². The lowest BCUT2D eigenvalue weighted by Gasteiger charge is -2.11. The largest absolute Gasteiger partial charge is 0.392 e. The van der Waals surface area contributed by atoms with Gasteiger partial charge in [0, 0.05) is 22.9 Å². The highest BCUT2D eigenvalue weighted by Crippen LogP contribution is 2.18. The van der Waals surface area contributed by atoms with Gasteiger partial charge < -0.3 is 15.7 Å². The Kier molecular flexibility index (Phi) is 5.71. The Hall–Kier alpha value is -2.66. The fraction of sp³-hybridized carbons (Fsp3) is 0.263. The number of aliphatic hydroxyl groups excluding tert-OH is 1. The Morgan fingerprint density at radius 2 is 1.58 bits per heavy atom. The molecule has 0 saturated carbocycles. The van der Waals surface area contributed by atoms with E-state index in [-0.39, 0.29) is 24.5 Å². The number of hydrogen-bond donors (Lipinski definition) is 3. The van der Waals surface area contributed by atoms with E-state index in [4.69, 9.17) is 0 Å². The summed E-state index contributed by atoms with van der Waals surface area (Å²) in [5, 5.41) is 14.8. The molecule has 0 atom stereocenters. The summed E-state index contributed by atoms with van der Waals surface area (Å²) in [6, 6.07) is 12.0. The lowest BCUT2D eigenvalue weighted by molar-refractivity contribution is 0.0941. The second-order valence-electron chi connectivity index (χ2n) is 5.97. The molecular formula is C19H22N2O3. The Balaban J connectivity index is 2.12. The number of anilines is 1. The van der Waals surface area contributed by atoms with Gasteiger partial charge in [-0.1, -0.05) is 12.1 Å². The standard InChI is InChI=1S/C19H22N2O3/c1-12(2)20-18(23)15-6-8-16(9-7-15)19(24)21-17-10-14(11-22)5-4-13(17)3/h4-10,12,22H,11H2,1-3H3,(H,20,23)(H,21,24). The summed E-state index contributed by atoms with van der Waals surface area (Å²) in [5.41, 5.74) is 3.28.